The van der Waals surface area contributed by atoms with Gasteiger partial charge in [0.1, 0.15) is 11.5 Å². The van der Waals surface area contributed by atoms with Crippen molar-refractivity contribution in [3.8, 4) is 11.5 Å². The second-order valence-corrected chi connectivity index (χ2v) is 4.30. The summed E-state index contributed by atoms with van der Waals surface area (Å²) in [6.07, 6.45) is 0.588. The molecule has 0 aliphatic rings. The van der Waals surface area contributed by atoms with Gasteiger partial charge in [0, 0.05) is 12.1 Å². The van der Waals surface area contributed by atoms with Gasteiger partial charge in [-0.05, 0) is 24.6 Å². The zero-order chi connectivity index (χ0) is 13.6. The molecule has 0 saturated heterocycles. The Balaban J connectivity index is 2.78. The second-order valence-electron chi connectivity index (χ2n) is 4.30. The van der Waals surface area contributed by atoms with Gasteiger partial charge in [0.25, 0.3) is 0 Å². The van der Waals surface area contributed by atoms with Crippen molar-refractivity contribution in [1.29, 1.82) is 0 Å². The van der Waals surface area contributed by atoms with E-state index >= 15 is 0 Å². The summed E-state index contributed by atoms with van der Waals surface area (Å²) in [6, 6.07) is 4.95. The van der Waals surface area contributed by atoms with Crippen molar-refractivity contribution in [2.75, 3.05) is 20.3 Å². The normalized spacial score (nSPS) is 11.6. The van der Waals surface area contributed by atoms with E-state index in [0.29, 0.717) is 24.3 Å². The Morgan fingerprint density at radius 2 is 1.94 bits per heavy atom. The molecular formula is C13H21NO4. The van der Waals surface area contributed by atoms with Crippen molar-refractivity contribution in [2.45, 2.75) is 25.4 Å². The highest BCUT2D eigenvalue weighted by atomic mass is 16.5. The summed E-state index contributed by atoms with van der Waals surface area (Å²) in [5.41, 5.74) is -0.0655. The number of nitrogens with one attached hydrogen (secondary N) is 1. The molecule has 1 aromatic rings. The van der Waals surface area contributed by atoms with Gasteiger partial charge < -0.3 is 25.4 Å². The van der Waals surface area contributed by atoms with Crippen molar-refractivity contribution in [1.82, 2.24) is 5.32 Å². The average molecular weight is 255 g/mol. The van der Waals surface area contributed by atoms with E-state index < -0.39 is 5.54 Å². The molecule has 0 unspecified atom stereocenters. The maximum atomic E-state index is 9.72. The van der Waals surface area contributed by atoms with Crippen LogP contribution >= 0.6 is 0 Å². The quantitative estimate of drug-likeness (QED) is 0.574. The summed E-state index contributed by atoms with van der Waals surface area (Å²) in [5, 5.41) is 31.4. The molecule has 0 aliphatic heterocycles. The fraction of sp³-hybridized carbons (Fsp3) is 0.538. The SMILES string of the molecule is CCC(CO)(CO)NCc1cc(OC)ccc1O. The average Bonchev–Trinajstić information content (AvgIpc) is 2.42. The van der Waals surface area contributed by atoms with Crippen molar-refractivity contribution >= 4 is 0 Å². The van der Waals surface area contributed by atoms with Crippen LogP contribution in [0.5, 0.6) is 11.5 Å². The van der Waals surface area contributed by atoms with Crippen molar-refractivity contribution in [2.24, 2.45) is 0 Å². The number of phenols is 1. The Morgan fingerprint density at radius 1 is 1.28 bits per heavy atom. The fourth-order valence-corrected chi connectivity index (χ4v) is 1.62. The van der Waals surface area contributed by atoms with Gasteiger partial charge in [-0.15, -0.1) is 0 Å². The van der Waals surface area contributed by atoms with E-state index in [0.717, 1.165) is 0 Å². The topological polar surface area (TPSA) is 82.0 Å². The van der Waals surface area contributed by atoms with Gasteiger partial charge in [0.15, 0.2) is 0 Å². The standard InChI is InChI=1S/C13H21NO4/c1-3-13(8-15,9-16)14-7-10-6-11(18-2)4-5-12(10)17/h4-6,14-17H,3,7-9H2,1-2H3. The molecule has 1 rings (SSSR count). The minimum atomic E-state index is -0.727. The largest absolute Gasteiger partial charge is 0.508 e. The zero-order valence-corrected chi connectivity index (χ0v) is 10.8. The number of hydrogen-bond acceptors (Lipinski definition) is 5. The zero-order valence-electron chi connectivity index (χ0n) is 10.8. The van der Waals surface area contributed by atoms with Gasteiger partial charge in [-0.2, -0.15) is 0 Å². The minimum Gasteiger partial charge on any atom is -0.508 e. The first kappa shape index (κ1) is 14.8. The van der Waals surface area contributed by atoms with Crippen LogP contribution in [0.1, 0.15) is 18.9 Å². The maximum Gasteiger partial charge on any atom is 0.120 e. The Labute approximate surface area is 107 Å². The molecule has 0 radical (unpaired) electrons. The second kappa shape index (κ2) is 6.58. The molecule has 4 N–H and O–H groups in total. The van der Waals surface area contributed by atoms with Gasteiger partial charge in [-0.3, -0.25) is 0 Å². The smallest absolute Gasteiger partial charge is 0.120 e. The molecule has 1 aromatic carbocycles. The molecule has 0 heterocycles. The molecule has 0 spiro atoms. The Morgan fingerprint density at radius 3 is 2.44 bits per heavy atom. The van der Waals surface area contributed by atoms with Gasteiger partial charge in [0.05, 0.1) is 25.9 Å². The number of aromatic hydroxyl groups is 1. The number of methoxy groups -OCH3 is 1. The number of aliphatic hydroxyl groups excluding tert-OH is 2. The number of hydrogen-bond donors (Lipinski definition) is 4. The lowest BCUT2D eigenvalue weighted by Gasteiger charge is -2.30. The molecule has 18 heavy (non-hydrogen) atoms. The van der Waals surface area contributed by atoms with E-state index in [4.69, 9.17) is 4.74 Å². The summed E-state index contributed by atoms with van der Waals surface area (Å²) < 4.78 is 5.08. The highest BCUT2D eigenvalue weighted by Crippen LogP contribution is 2.23. The molecule has 0 aliphatic carbocycles. The molecule has 5 heteroatoms. The van der Waals surface area contributed by atoms with E-state index in [1.807, 2.05) is 6.92 Å². The van der Waals surface area contributed by atoms with Gasteiger partial charge in [0.2, 0.25) is 0 Å². The number of aliphatic hydroxyl groups is 2. The predicted molar refractivity (Wildman–Crippen MR) is 68.7 cm³/mol. The lowest BCUT2D eigenvalue weighted by Crippen LogP contribution is -2.50. The number of phenolic OH excluding ortho intramolecular Hbond substituents is 1. The van der Waals surface area contributed by atoms with Gasteiger partial charge in [-0.1, -0.05) is 6.92 Å². The van der Waals surface area contributed by atoms with Crippen LogP contribution in [-0.4, -0.2) is 41.2 Å². The van der Waals surface area contributed by atoms with Gasteiger partial charge in [-0.25, -0.2) is 0 Å². The fourth-order valence-electron chi connectivity index (χ4n) is 1.62. The van der Waals surface area contributed by atoms with E-state index in [1.54, 1.807) is 25.3 Å². The summed E-state index contributed by atoms with van der Waals surface area (Å²) in [7, 11) is 1.56. The van der Waals surface area contributed by atoms with Crippen LogP contribution in [0, 0.1) is 0 Å². The predicted octanol–water partition coefficient (Wildman–Crippen LogP) is 0.624. The lowest BCUT2D eigenvalue weighted by atomic mass is 9.98. The molecule has 5 nitrogen and oxygen atoms in total. The van der Waals surface area contributed by atoms with E-state index in [9.17, 15) is 15.3 Å². The first-order chi connectivity index (χ1) is 8.60. The third-order valence-electron chi connectivity index (χ3n) is 3.22. The Hall–Kier alpha value is -1.30. The molecule has 0 amide bonds. The highest BCUT2D eigenvalue weighted by Gasteiger charge is 2.25. The van der Waals surface area contributed by atoms with E-state index in [1.165, 1.54) is 0 Å². The van der Waals surface area contributed by atoms with Crippen LogP contribution in [0.25, 0.3) is 0 Å². The van der Waals surface area contributed by atoms with Crippen LogP contribution in [0.3, 0.4) is 0 Å². The van der Waals surface area contributed by atoms with Gasteiger partial charge >= 0.3 is 0 Å². The molecule has 102 valence electrons. The van der Waals surface area contributed by atoms with Crippen LogP contribution < -0.4 is 10.1 Å². The van der Waals surface area contributed by atoms with Crippen LogP contribution in [-0.2, 0) is 6.54 Å². The Bertz CT molecular complexity index is 369. The third kappa shape index (κ3) is 3.35. The summed E-state index contributed by atoms with van der Waals surface area (Å²) >= 11 is 0. The molecule has 0 atom stereocenters. The molecule has 0 saturated carbocycles. The van der Waals surface area contributed by atoms with Crippen molar-refractivity contribution in [3.63, 3.8) is 0 Å². The van der Waals surface area contributed by atoms with Crippen LogP contribution in [0.4, 0.5) is 0 Å². The maximum absolute atomic E-state index is 9.72. The monoisotopic (exact) mass is 255 g/mol. The molecule has 0 bridgehead atoms. The van der Waals surface area contributed by atoms with E-state index in [-0.39, 0.29) is 19.0 Å². The summed E-state index contributed by atoms with van der Waals surface area (Å²) in [4.78, 5) is 0. The van der Waals surface area contributed by atoms with Crippen molar-refractivity contribution in [3.05, 3.63) is 23.8 Å². The molecular weight excluding hydrogens is 234 g/mol. The minimum absolute atomic E-state index is 0.157. The summed E-state index contributed by atoms with van der Waals surface area (Å²) in [5.74, 6) is 0.809. The molecule has 0 aromatic heterocycles. The first-order valence-corrected chi connectivity index (χ1v) is 5.93. The van der Waals surface area contributed by atoms with Crippen LogP contribution in [0.15, 0.2) is 18.2 Å². The van der Waals surface area contributed by atoms with E-state index in [2.05, 4.69) is 5.32 Å². The Kier molecular flexibility index (Phi) is 5.40. The number of ether oxygens (including phenoxy) is 1. The summed E-state index contributed by atoms with van der Waals surface area (Å²) in [6.45, 7) is 1.90. The van der Waals surface area contributed by atoms with Crippen molar-refractivity contribution < 1.29 is 20.1 Å². The van der Waals surface area contributed by atoms with Crippen LogP contribution in [0.2, 0.25) is 0 Å². The first-order valence-electron chi connectivity index (χ1n) is 5.93. The third-order valence-corrected chi connectivity index (χ3v) is 3.22. The number of rotatable bonds is 7. The molecule has 0 fully saturated rings. The lowest BCUT2D eigenvalue weighted by molar-refractivity contribution is 0.0862. The highest BCUT2D eigenvalue weighted by molar-refractivity contribution is 5.39. The number of benzene rings is 1.